The number of carbonyl (C=O) groups excluding carboxylic acids is 1. The molecule has 0 radical (unpaired) electrons. The molecule has 3 N–H and O–H groups in total. The van der Waals surface area contributed by atoms with Crippen LogP contribution in [0.2, 0.25) is 5.02 Å². The van der Waals surface area contributed by atoms with Gasteiger partial charge in [0.25, 0.3) is 0 Å². The fourth-order valence-corrected chi connectivity index (χ4v) is 3.33. The van der Waals surface area contributed by atoms with Gasteiger partial charge in [0.05, 0.1) is 17.2 Å². The van der Waals surface area contributed by atoms with Gasteiger partial charge in [0.1, 0.15) is 0 Å². The molecule has 2 aromatic rings. The van der Waals surface area contributed by atoms with Gasteiger partial charge < -0.3 is 15.3 Å². The molecule has 1 heterocycles. The number of ketones is 1. The summed E-state index contributed by atoms with van der Waals surface area (Å²) < 4.78 is 5.22. The molecule has 0 bridgehead atoms. The number of benzene rings is 1. The number of hydrogen-bond donors (Lipinski definition) is 2. The summed E-state index contributed by atoms with van der Waals surface area (Å²) >= 11 is 6.09. The highest BCUT2D eigenvalue weighted by Gasteiger charge is 2.67. The number of carboxylic acids is 1. The highest BCUT2D eigenvalue weighted by atomic mass is 35.5. The molecular formula is C15H14ClNO4. The van der Waals surface area contributed by atoms with Crippen LogP contribution in [0, 0.1) is 17.3 Å². The topological polar surface area (TPSA) is 93.5 Å². The third-order valence-corrected chi connectivity index (χ3v) is 4.70. The summed E-state index contributed by atoms with van der Waals surface area (Å²) in [5.41, 5.74) is 5.86. The molecule has 3 rings (SSSR count). The fraction of sp³-hybridized carbons (Fsp3) is 0.333. The summed E-state index contributed by atoms with van der Waals surface area (Å²) in [6.07, 6.45) is 1.49. The molecule has 1 fully saturated rings. The van der Waals surface area contributed by atoms with Gasteiger partial charge in [-0.3, -0.25) is 9.59 Å². The van der Waals surface area contributed by atoms with E-state index >= 15 is 0 Å². The van der Waals surface area contributed by atoms with Crippen LogP contribution in [0.1, 0.15) is 17.3 Å². The first-order chi connectivity index (χ1) is 9.90. The number of hydrogen-bond acceptors (Lipinski definition) is 4. The van der Waals surface area contributed by atoms with Gasteiger partial charge in [-0.25, -0.2) is 0 Å². The van der Waals surface area contributed by atoms with Crippen LogP contribution in [-0.2, 0) is 4.79 Å². The normalized spacial score (nSPS) is 27.8. The molecule has 1 aliphatic carbocycles. The predicted molar refractivity (Wildman–Crippen MR) is 77.3 cm³/mol. The van der Waals surface area contributed by atoms with Crippen LogP contribution >= 0.6 is 11.6 Å². The zero-order chi connectivity index (χ0) is 15.4. The van der Waals surface area contributed by atoms with Crippen molar-refractivity contribution in [1.82, 2.24) is 0 Å². The number of fused-ring (bicyclic) bond motifs is 1. The van der Waals surface area contributed by atoms with E-state index in [0.29, 0.717) is 21.6 Å². The van der Waals surface area contributed by atoms with Crippen molar-refractivity contribution in [3.05, 3.63) is 35.0 Å². The number of rotatable bonds is 4. The number of carbonyl (C=O) groups is 2. The van der Waals surface area contributed by atoms with Crippen LogP contribution in [0.5, 0.6) is 0 Å². The number of carboxylic acid groups (broad SMARTS) is 1. The molecule has 3 atom stereocenters. The van der Waals surface area contributed by atoms with Gasteiger partial charge in [-0.2, -0.15) is 0 Å². The van der Waals surface area contributed by atoms with E-state index in [-0.39, 0.29) is 12.3 Å². The Balaban J connectivity index is 2.00. The van der Waals surface area contributed by atoms with Crippen LogP contribution in [0.4, 0.5) is 0 Å². The van der Waals surface area contributed by atoms with Gasteiger partial charge in [0.15, 0.2) is 11.4 Å². The molecule has 0 spiro atoms. The van der Waals surface area contributed by atoms with Crippen molar-refractivity contribution in [3.8, 4) is 0 Å². The second-order valence-electron chi connectivity index (χ2n) is 5.66. The van der Waals surface area contributed by atoms with Gasteiger partial charge in [-0.15, -0.1) is 0 Å². The molecule has 21 heavy (non-hydrogen) atoms. The molecule has 110 valence electrons. The lowest BCUT2D eigenvalue weighted by Gasteiger charge is -2.06. The summed E-state index contributed by atoms with van der Waals surface area (Å²) in [7, 11) is 0. The minimum atomic E-state index is -0.989. The van der Waals surface area contributed by atoms with Gasteiger partial charge in [0, 0.05) is 22.3 Å². The Hall–Kier alpha value is -1.85. The number of nitrogens with two attached hydrogens (primary N) is 1. The average molecular weight is 308 g/mol. The van der Waals surface area contributed by atoms with Gasteiger partial charge in [0.2, 0.25) is 0 Å². The molecule has 0 saturated heterocycles. The van der Waals surface area contributed by atoms with Crippen LogP contribution in [-0.4, -0.2) is 23.4 Å². The summed E-state index contributed by atoms with van der Waals surface area (Å²) in [5, 5.41) is 10.3. The molecule has 0 amide bonds. The maximum atomic E-state index is 12.6. The monoisotopic (exact) mass is 307 g/mol. The van der Waals surface area contributed by atoms with E-state index in [1.807, 2.05) is 0 Å². The molecule has 6 heteroatoms. The minimum absolute atomic E-state index is 0.155. The lowest BCUT2D eigenvalue weighted by atomic mass is 9.99. The Kier molecular flexibility index (Phi) is 3.07. The van der Waals surface area contributed by atoms with Crippen LogP contribution in [0.15, 0.2) is 28.9 Å². The first-order valence-corrected chi connectivity index (χ1v) is 6.92. The second-order valence-corrected chi connectivity index (χ2v) is 6.07. The summed E-state index contributed by atoms with van der Waals surface area (Å²) in [6, 6.07) is 4.90. The van der Waals surface area contributed by atoms with E-state index in [0.717, 1.165) is 0 Å². The van der Waals surface area contributed by atoms with E-state index < -0.39 is 23.2 Å². The minimum Gasteiger partial charge on any atom is -0.481 e. The molecular weight excluding hydrogens is 294 g/mol. The van der Waals surface area contributed by atoms with Crippen molar-refractivity contribution in [2.75, 3.05) is 6.54 Å². The van der Waals surface area contributed by atoms with E-state index in [2.05, 4.69) is 0 Å². The first-order valence-electron chi connectivity index (χ1n) is 6.54. The SMILES string of the molecule is CC1(CN)[C@H](C(=O)O)[C@H]1C(=O)c1cc(Cl)c2occc2c1. The summed E-state index contributed by atoms with van der Waals surface area (Å²) in [4.78, 5) is 23.9. The third kappa shape index (κ3) is 1.96. The predicted octanol–water partition coefficient (Wildman–Crippen LogP) is 2.56. The average Bonchev–Trinajstić information content (AvgIpc) is 2.81. The fourth-order valence-electron chi connectivity index (χ4n) is 3.05. The highest BCUT2D eigenvalue weighted by Crippen LogP contribution is 2.59. The smallest absolute Gasteiger partial charge is 0.307 e. The number of halogens is 1. The van der Waals surface area contributed by atoms with Gasteiger partial charge in [-0.1, -0.05) is 18.5 Å². The Morgan fingerprint density at radius 3 is 2.71 bits per heavy atom. The molecule has 1 saturated carbocycles. The van der Waals surface area contributed by atoms with Crippen LogP contribution in [0.3, 0.4) is 0 Å². The van der Waals surface area contributed by atoms with Crippen molar-refractivity contribution < 1.29 is 19.1 Å². The molecule has 1 aromatic heterocycles. The van der Waals surface area contributed by atoms with Crippen molar-refractivity contribution in [2.45, 2.75) is 6.92 Å². The van der Waals surface area contributed by atoms with Crippen LogP contribution in [0.25, 0.3) is 11.0 Å². The quantitative estimate of drug-likeness (QED) is 0.847. The van der Waals surface area contributed by atoms with Crippen molar-refractivity contribution >= 4 is 34.3 Å². The van der Waals surface area contributed by atoms with Gasteiger partial charge in [-0.05, 0) is 24.7 Å². The van der Waals surface area contributed by atoms with E-state index in [9.17, 15) is 14.7 Å². The van der Waals surface area contributed by atoms with E-state index in [1.54, 1.807) is 19.1 Å². The molecule has 1 aliphatic rings. The summed E-state index contributed by atoms with van der Waals surface area (Å²) in [5.74, 6) is -2.58. The molecule has 0 aliphatic heterocycles. The van der Waals surface area contributed by atoms with E-state index in [1.165, 1.54) is 12.3 Å². The number of furan rings is 1. The molecule has 1 unspecified atom stereocenters. The first kappa shape index (κ1) is 14.1. The Bertz CT molecular complexity index is 753. The number of aliphatic carboxylic acids is 1. The maximum absolute atomic E-state index is 12.6. The number of Topliss-reactive ketones (excluding diaryl/α,β-unsaturated/α-hetero) is 1. The Morgan fingerprint density at radius 1 is 1.43 bits per heavy atom. The van der Waals surface area contributed by atoms with Gasteiger partial charge >= 0.3 is 5.97 Å². The largest absolute Gasteiger partial charge is 0.481 e. The van der Waals surface area contributed by atoms with Crippen molar-refractivity contribution in [3.63, 3.8) is 0 Å². The zero-order valence-corrected chi connectivity index (χ0v) is 12.1. The standard InChI is InChI=1S/C15H14ClNO4/c1-15(6-17)10(11(15)14(19)20)12(18)8-4-7-2-3-21-13(7)9(16)5-8/h2-5,10-11H,6,17H2,1H3,(H,19,20)/t10-,11-,15?/m0/s1. The lowest BCUT2D eigenvalue weighted by molar-refractivity contribution is -0.139. The molecule has 5 nitrogen and oxygen atoms in total. The van der Waals surface area contributed by atoms with E-state index in [4.69, 9.17) is 21.8 Å². The molecule has 1 aromatic carbocycles. The van der Waals surface area contributed by atoms with Crippen molar-refractivity contribution in [1.29, 1.82) is 0 Å². The third-order valence-electron chi connectivity index (χ3n) is 4.42. The Morgan fingerprint density at radius 2 is 2.14 bits per heavy atom. The highest BCUT2D eigenvalue weighted by molar-refractivity contribution is 6.35. The summed E-state index contributed by atoms with van der Waals surface area (Å²) in [6.45, 7) is 1.88. The lowest BCUT2D eigenvalue weighted by Crippen LogP contribution is -2.19. The Labute approximate surface area is 125 Å². The zero-order valence-electron chi connectivity index (χ0n) is 11.3. The maximum Gasteiger partial charge on any atom is 0.307 e. The van der Waals surface area contributed by atoms with Crippen LogP contribution < -0.4 is 5.73 Å². The second kappa shape index (κ2) is 4.58. The van der Waals surface area contributed by atoms with Crippen molar-refractivity contribution in [2.24, 2.45) is 23.0 Å².